The van der Waals surface area contributed by atoms with Gasteiger partial charge in [0.05, 0.1) is 4.92 Å². The van der Waals surface area contributed by atoms with Gasteiger partial charge >= 0.3 is 5.97 Å². The fraction of sp³-hybridized carbons (Fsp3) is 0.273. The second kappa shape index (κ2) is 6.26. The van der Waals surface area contributed by atoms with Crippen LogP contribution in [0.25, 0.3) is 0 Å². The number of halogens is 1. The molecule has 1 unspecified atom stereocenters. The Kier molecular flexibility index (Phi) is 4.96. The Morgan fingerprint density at radius 3 is 2.47 bits per heavy atom. The SMILES string of the molecule is O=C(CCCl)c1cc(C(O)C(=O)O)cc([N+](=O)[O-])c1. The second-order valence-electron chi connectivity index (χ2n) is 3.67. The Balaban J connectivity index is 3.29. The summed E-state index contributed by atoms with van der Waals surface area (Å²) in [6.07, 6.45) is -1.96. The van der Waals surface area contributed by atoms with Gasteiger partial charge in [0.15, 0.2) is 11.9 Å². The van der Waals surface area contributed by atoms with Crippen molar-refractivity contribution in [3.05, 3.63) is 39.4 Å². The van der Waals surface area contributed by atoms with Crippen LogP contribution in [0.4, 0.5) is 5.69 Å². The average Bonchev–Trinajstić information content (AvgIpc) is 2.37. The number of rotatable bonds is 6. The van der Waals surface area contributed by atoms with Crippen LogP contribution in [0, 0.1) is 10.1 Å². The number of alkyl halides is 1. The Hall–Kier alpha value is -1.99. The summed E-state index contributed by atoms with van der Waals surface area (Å²) in [7, 11) is 0. The van der Waals surface area contributed by atoms with Gasteiger partial charge in [-0.2, -0.15) is 0 Å². The maximum atomic E-state index is 11.6. The molecule has 1 rings (SSSR count). The minimum atomic E-state index is -1.93. The number of nitrogens with zero attached hydrogens (tertiary/aromatic N) is 1. The van der Waals surface area contributed by atoms with E-state index in [-0.39, 0.29) is 23.4 Å². The molecule has 1 atom stereocenters. The van der Waals surface area contributed by atoms with Crippen molar-refractivity contribution in [3.8, 4) is 0 Å². The highest BCUT2D eigenvalue weighted by Gasteiger charge is 2.22. The van der Waals surface area contributed by atoms with Crippen molar-refractivity contribution in [2.75, 3.05) is 5.88 Å². The van der Waals surface area contributed by atoms with Crippen LogP contribution in [-0.2, 0) is 4.79 Å². The minimum Gasteiger partial charge on any atom is -0.479 e. The molecule has 0 saturated heterocycles. The second-order valence-corrected chi connectivity index (χ2v) is 4.05. The van der Waals surface area contributed by atoms with E-state index < -0.39 is 28.5 Å². The summed E-state index contributed by atoms with van der Waals surface area (Å²) in [4.78, 5) is 32.2. The van der Waals surface area contributed by atoms with Gasteiger partial charge in [0.1, 0.15) is 0 Å². The van der Waals surface area contributed by atoms with Crippen molar-refractivity contribution >= 4 is 29.0 Å². The highest BCUT2D eigenvalue weighted by Crippen LogP contribution is 2.23. The van der Waals surface area contributed by atoms with Crippen molar-refractivity contribution in [1.82, 2.24) is 0 Å². The third-order valence-electron chi connectivity index (χ3n) is 2.34. The predicted molar refractivity (Wildman–Crippen MR) is 65.4 cm³/mol. The molecule has 0 aliphatic heterocycles. The van der Waals surface area contributed by atoms with Gasteiger partial charge in [-0.05, 0) is 11.6 Å². The molecule has 0 fully saturated rings. The van der Waals surface area contributed by atoms with E-state index in [4.69, 9.17) is 16.7 Å². The molecule has 102 valence electrons. The summed E-state index contributed by atoms with van der Waals surface area (Å²) < 4.78 is 0. The largest absolute Gasteiger partial charge is 0.479 e. The van der Waals surface area contributed by atoms with E-state index >= 15 is 0 Å². The number of non-ortho nitro benzene ring substituents is 1. The number of carbonyl (C=O) groups excluding carboxylic acids is 1. The highest BCUT2D eigenvalue weighted by atomic mass is 35.5. The fourth-order valence-corrected chi connectivity index (χ4v) is 1.60. The van der Waals surface area contributed by atoms with Crippen LogP contribution in [0.2, 0.25) is 0 Å². The predicted octanol–water partition coefficient (Wildman–Crippen LogP) is 1.52. The Morgan fingerprint density at radius 2 is 2.00 bits per heavy atom. The first-order valence-corrected chi connectivity index (χ1v) is 5.69. The van der Waals surface area contributed by atoms with Crippen LogP contribution in [-0.4, -0.2) is 32.8 Å². The van der Waals surface area contributed by atoms with E-state index in [1.54, 1.807) is 0 Å². The lowest BCUT2D eigenvalue weighted by molar-refractivity contribution is -0.385. The quantitative estimate of drug-likeness (QED) is 0.354. The summed E-state index contributed by atoms with van der Waals surface area (Å²) in [5.41, 5.74) is -0.736. The summed E-state index contributed by atoms with van der Waals surface area (Å²) >= 11 is 5.40. The third kappa shape index (κ3) is 3.73. The molecule has 0 spiro atoms. The van der Waals surface area contributed by atoms with Crippen molar-refractivity contribution in [1.29, 1.82) is 0 Å². The molecule has 0 saturated carbocycles. The van der Waals surface area contributed by atoms with E-state index in [2.05, 4.69) is 0 Å². The summed E-state index contributed by atoms with van der Waals surface area (Å²) in [6.45, 7) is 0. The molecule has 19 heavy (non-hydrogen) atoms. The molecule has 0 bridgehead atoms. The van der Waals surface area contributed by atoms with Crippen LogP contribution in [0.15, 0.2) is 18.2 Å². The van der Waals surface area contributed by atoms with Crippen LogP contribution in [0.3, 0.4) is 0 Å². The monoisotopic (exact) mass is 287 g/mol. The lowest BCUT2D eigenvalue weighted by atomic mass is 10.0. The maximum Gasteiger partial charge on any atom is 0.337 e. The molecular weight excluding hydrogens is 278 g/mol. The number of carboxylic acids is 1. The number of carboxylic acid groups (broad SMARTS) is 1. The number of nitro benzene ring substituents is 1. The summed E-state index contributed by atoms with van der Waals surface area (Å²) in [5.74, 6) is -1.98. The molecule has 1 aromatic rings. The number of aliphatic hydroxyl groups excluding tert-OH is 1. The number of hydrogen-bond donors (Lipinski definition) is 2. The zero-order valence-electron chi connectivity index (χ0n) is 9.58. The summed E-state index contributed by atoms with van der Waals surface area (Å²) in [6, 6.07) is 3.05. The topological polar surface area (TPSA) is 118 Å². The van der Waals surface area contributed by atoms with Gasteiger partial charge in [-0.15, -0.1) is 11.6 Å². The Morgan fingerprint density at radius 1 is 1.37 bits per heavy atom. The number of aliphatic carboxylic acids is 1. The van der Waals surface area contributed by atoms with Crippen LogP contribution in [0.5, 0.6) is 0 Å². The van der Waals surface area contributed by atoms with E-state index in [9.17, 15) is 24.8 Å². The lowest BCUT2D eigenvalue weighted by Crippen LogP contribution is -2.12. The number of nitro groups is 1. The van der Waals surface area contributed by atoms with Gasteiger partial charge in [-0.3, -0.25) is 14.9 Å². The molecular formula is C11H10ClNO6. The molecule has 8 heteroatoms. The average molecular weight is 288 g/mol. The molecule has 0 amide bonds. The maximum absolute atomic E-state index is 11.6. The molecule has 0 radical (unpaired) electrons. The van der Waals surface area contributed by atoms with Crippen LogP contribution in [0.1, 0.15) is 28.4 Å². The van der Waals surface area contributed by atoms with Crippen molar-refractivity contribution in [2.45, 2.75) is 12.5 Å². The smallest absolute Gasteiger partial charge is 0.337 e. The lowest BCUT2D eigenvalue weighted by Gasteiger charge is -2.08. The highest BCUT2D eigenvalue weighted by molar-refractivity contribution is 6.19. The first-order chi connectivity index (χ1) is 8.86. The number of aliphatic hydroxyl groups is 1. The Bertz CT molecular complexity index is 530. The molecule has 0 aliphatic carbocycles. The number of benzene rings is 1. The van der Waals surface area contributed by atoms with Gasteiger partial charge < -0.3 is 10.2 Å². The van der Waals surface area contributed by atoms with Crippen LogP contribution < -0.4 is 0 Å². The van der Waals surface area contributed by atoms with Gasteiger partial charge in [0.2, 0.25) is 0 Å². The van der Waals surface area contributed by atoms with Crippen LogP contribution >= 0.6 is 11.6 Å². The zero-order chi connectivity index (χ0) is 14.6. The molecule has 0 aliphatic rings. The zero-order valence-corrected chi connectivity index (χ0v) is 10.3. The van der Waals surface area contributed by atoms with Crippen molar-refractivity contribution < 1.29 is 24.7 Å². The first-order valence-electron chi connectivity index (χ1n) is 5.16. The minimum absolute atomic E-state index is 0.0364. The van der Waals surface area contributed by atoms with E-state index in [1.807, 2.05) is 0 Å². The fourth-order valence-electron chi connectivity index (χ4n) is 1.43. The van der Waals surface area contributed by atoms with Crippen molar-refractivity contribution in [3.63, 3.8) is 0 Å². The molecule has 2 N–H and O–H groups in total. The first kappa shape index (κ1) is 15.1. The van der Waals surface area contributed by atoms with Gasteiger partial charge in [-0.1, -0.05) is 0 Å². The van der Waals surface area contributed by atoms with Gasteiger partial charge in [0, 0.05) is 30.0 Å². The van der Waals surface area contributed by atoms with Gasteiger partial charge in [0.25, 0.3) is 5.69 Å². The van der Waals surface area contributed by atoms with E-state index in [1.165, 1.54) is 0 Å². The van der Waals surface area contributed by atoms with Crippen molar-refractivity contribution in [2.24, 2.45) is 0 Å². The third-order valence-corrected chi connectivity index (χ3v) is 2.53. The number of ketones is 1. The molecule has 0 aromatic heterocycles. The molecule has 1 aromatic carbocycles. The molecule has 0 heterocycles. The Labute approximate surface area is 112 Å². The van der Waals surface area contributed by atoms with Gasteiger partial charge in [-0.25, -0.2) is 4.79 Å². The number of hydrogen-bond acceptors (Lipinski definition) is 5. The van der Waals surface area contributed by atoms with E-state index in [0.717, 1.165) is 18.2 Å². The summed E-state index contributed by atoms with van der Waals surface area (Å²) in [5, 5.41) is 28.8. The normalized spacial score (nSPS) is 11.9. The van der Waals surface area contributed by atoms with E-state index in [0.29, 0.717) is 0 Å². The number of Topliss-reactive ketones (excluding diaryl/α,β-unsaturated/α-hetero) is 1. The molecule has 7 nitrogen and oxygen atoms in total. The number of carbonyl (C=O) groups is 2. The standard InChI is InChI=1S/C11H10ClNO6/c12-2-1-9(14)6-3-7(10(15)11(16)17)5-8(4-6)13(18)19/h3-5,10,15H,1-2H2,(H,16,17).